The van der Waals surface area contributed by atoms with Crippen LogP contribution in [0.4, 0.5) is 5.13 Å². The molecule has 1 rings (SSSR count). The van der Waals surface area contributed by atoms with Crippen molar-refractivity contribution in [1.29, 1.82) is 0 Å². The molecule has 1 aromatic rings. The molecule has 0 aliphatic heterocycles. The van der Waals surface area contributed by atoms with E-state index in [1.165, 1.54) is 11.3 Å². The molecule has 4 N–H and O–H groups in total. The second-order valence-corrected chi connectivity index (χ2v) is 2.88. The van der Waals surface area contributed by atoms with Crippen molar-refractivity contribution in [3.63, 3.8) is 0 Å². The second kappa shape index (κ2) is 4.80. The van der Waals surface area contributed by atoms with Crippen LogP contribution in [-0.2, 0) is 32.7 Å². The van der Waals surface area contributed by atoms with Gasteiger partial charge >= 0.3 is 0 Å². The first-order chi connectivity index (χ1) is 4.68. The van der Waals surface area contributed by atoms with Gasteiger partial charge in [-0.2, -0.15) is 0 Å². The molecule has 0 amide bonds. The van der Waals surface area contributed by atoms with Gasteiger partial charge in [0.15, 0.2) is 5.96 Å². The summed E-state index contributed by atoms with van der Waals surface area (Å²) in [6.07, 6.45) is 2.72. The van der Waals surface area contributed by atoms with Gasteiger partial charge < -0.3 is 16.5 Å². The van der Waals surface area contributed by atoms with Gasteiger partial charge in [0.2, 0.25) is 0 Å². The van der Waals surface area contributed by atoms with Crippen LogP contribution < -0.4 is 11.5 Å². The third-order valence-corrected chi connectivity index (χ3v) is 1.54. The minimum absolute atomic E-state index is 0. The quantitative estimate of drug-likeness (QED) is 0.419. The molecule has 0 aromatic carbocycles. The van der Waals surface area contributed by atoms with Crippen molar-refractivity contribution in [3.05, 3.63) is 11.1 Å². The van der Waals surface area contributed by atoms with Crippen LogP contribution in [0.1, 0.15) is 4.88 Å². The topological polar surface area (TPSA) is 77.3 Å². The van der Waals surface area contributed by atoms with E-state index in [4.69, 9.17) is 11.5 Å². The van der Waals surface area contributed by atoms with Crippen LogP contribution in [0.25, 0.3) is 0 Å². The molecule has 0 spiro atoms. The Bertz CT molecular complexity index is 253. The zero-order valence-electron chi connectivity index (χ0n) is 6.03. The average Bonchev–Trinajstić information content (AvgIpc) is 2.13. The van der Waals surface area contributed by atoms with Crippen LogP contribution in [0.5, 0.6) is 0 Å². The van der Waals surface area contributed by atoms with Gasteiger partial charge in [-0.15, -0.1) is 6.20 Å². The van der Waals surface area contributed by atoms with E-state index in [1.807, 2.05) is 6.92 Å². The van der Waals surface area contributed by atoms with Crippen LogP contribution in [0.3, 0.4) is 0 Å². The van der Waals surface area contributed by atoms with E-state index in [0.29, 0.717) is 5.13 Å². The van der Waals surface area contributed by atoms with Gasteiger partial charge in [-0.3, -0.25) is 4.99 Å². The van der Waals surface area contributed by atoms with Gasteiger partial charge in [-0.05, 0) is 6.92 Å². The standard InChI is InChI=1S/C5H7N4S.Y/c1-3-2-8-5(10-3)9-4(6)7;/h1H3,(H4,6,7,8,9);/q-1;. The smallest absolute Gasteiger partial charge is 0.174 e. The number of thiazole rings is 1. The fourth-order valence-electron chi connectivity index (χ4n) is 0.467. The van der Waals surface area contributed by atoms with Crippen LogP contribution in [0.15, 0.2) is 4.99 Å². The molecule has 0 aliphatic rings. The third kappa shape index (κ3) is 3.79. The van der Waals surface area contributed by atoms with Crippen molar-refractivity contribution < 1.29 is 32.7 Å². The van der Waals surface area contributed by atoms with Gasteiger partial charge in [0, 0.05) is 32.7 Å². The summed E-state index contributed by atoms with van der Waals surface area (Å²) in [5, 5.41) is 0.553. The molecular weight excluding hydrogens is 237 g/mol. The van der Waals surface area contributed by atoms with Crippen LogP contribution in [-0.4, -0.2) is 10.9 Å². The third-order valence-electron chi connectivity index (χ3n) is 0.778. The van der Waals surface area contributed by atoms with Crippen molar-refractivity contribution in [1.82, 2.24) is 4.98 Å². The predicted octanol–water partition coefficient (Wildman–Crippen LogP) is 0.154. The summed E-state index contributed by atoms with van der Waals surface area (Å²) in [5.41, 5.74) is 10.2. The number of guanidine groups is 1. The first kappa shape index (κ1) is 11.0. The van der Waals surface area contributed by atoms with Crippen molar-refractivity contribution in [3.8, 4) is 0 Å². The average molecular weight is 244 g/mol. The number of aliphatic imine (C=N–C) groups is 1. The maximum absolute atomic E-state index is 5.11. The van der Waals surface area contributed by atoms with Crippen molar-refractivity contribution in [2.24, 2.45) is 16.5 Å². The van der Waals surface area contributed by atoms with Crippen molar-refractivity contribution in [2.45, 2.75) is 6.92 Å². The van der Waals surface area contributed by atoms with Crippen LogP contribution in [0.2, 0.25) is 0 Å². The summed E-state index contributed by atoms with van der Waals surface area (Å²) in [6.45, 7) is 1.89. The van der Waals surface area contributed by atoms with E-state index in [9.17, 15) is 0 Å². The molecule has 1 aromatic heterocycles. The molecular formula is C5H7N4SY-. The molecule has 11 heavy (non-hydrogen) atoms. The van der Waals surface area contributed by atoms with Gasteiger partial charge in [0.25, 0.3) is 0 Å². The number of aromatic nitrogens is 1. The number of hydrogen-bond acceptors (Lipinski definition) is 3. The number of nitrogens with two attached hydrogens (primary N) is 2. The summed E-state index contributed by atoms with van der Waals surface area (Å²) in [6, 6.07) is 0. The first-order valence-corrected chi connectivity index (χ1v) is 3.45. The van der Waals surface area contributed by atoms with Crippen LogP contribution in [0, 0.1) is 13.1 Å². The Labute approximate surface area is 94.0 Å². The zero-order chi connectivity index (χ0) is 7.56. The molecule has 0 aliphatic carbocycles. The number of rotatable bonds is 1. The fourth-order valence-corrected chi connectivity index (χ4v) is 1.07. The van der Waals surface area contributed by atoms with Crippen LogP contribution >= 0.6 is 11.3 Å². The number of aryl methyl sites for hydroxylation is 1. The Balaban J connectivity index is 0.000001000. The summed E-state index contributed by atoms with van der Waals surface area (Å²) in [7, 11) is 0. The molecule has 4 nitrogen and oxygen atoms in total. The molecule has 1 radical (unpaired) electrons. The Morgan fingerprint density at radius 1 is 1.64 bits per heavy atom. The number of hydrogen-bond donors (Lipinski definition) is 2. The summed E-state index contributed by atoms with van der Waals surface area (Å²) < 4.78 is 0. The van der Waals surface area contributed by atoms with E-state index in [0.717, 1.165) is 4.88 Å². The minimum atomic E-state index is 0. The maximum atomic E-state index is 5.11. The van der Waals surface area contributed by atoms with Crippen molar-refractivity contribution in [2.75, 3.05) is 0 Å². The maximum Gasteiger partial charge on any atom is 0.174 e. The molecule has 0 bridgehead atoms. The normalized spacial score (nSPS) is 8.45. The molecule has 0 saturated heterocycles. The Kier molecular flexibility index (Phi) is 4.80. The van der Waals surface area contributed by atoms with E-state index in [2.05, 4.69) is 16.2 Å². The molecule has 6 heteroatoms. The fraction of sp³-hybridized carbons (Fsp3) is 0.200. The molecule has 0 atom stereocenters. The second-order valence-electron chi connectivity index (χ2n) is 1.70. The van der Waals surface area contributed by atoms with E-state index >= 15 is 0 Å². The van der Waals surface area contributed by atoms with E-state index < -0.39 is 0 Å². The molecule has 1 heterocycles. The first-order valence-electron chi connectivity index (χ1n) is 2.63. The minimum Gasteiger partial charge on any atom is -0.426 e. The van der Waals surface area contributed by atoms with Gasteiger partial charge in [0.1, 0.15) is 0 Å². The number of nitrogens with zero attached hydrogens (tertiary/aromatic N) is 2. The van der Waals surface area contributed by atoms with Crippen molar-refractivity contribution >= 4 is 22.4 Å². The van der Waals surface area contributed by atoms with Gasteiger partial charge in [-0.25, -0.2) is 11.3 Å². The largest absolute Gasteiger partial charge is 0.426 e. The zero-order valence-corrected chi connectivity index (χ0v) is 9.69. The molecule has 0 fully saturated rings. The summed E-state index contributed by atoms with van der Waals surface area (Å²) >= 11 is 1.40. The van der Waals surface area contributed by atoms with E-state index in [-0.39, 0.29) is 38.7 Å². The molecule has 57 valence electrons. The Hall–Kier alpha value is 0.00390. The van der Waals surface area contributed by atoms with Gasteiger partial charge in [0.05, 0.1) is 5.13 Å². The molecule has 0 unspecified atom stereocenters. The van der Waals surface area contributed by atoms with Gasteiger partial charge in [-0.1, -0.05) is 4.88 Å². The summed E-state index contributed by atoms with van der Waals surface area (Å²) in [5.74, 6) is 0.0303. The monoisotopic (exact) mass is 244 g/mol. The predicted molar refractivity (Wildman–Crippen MR) is 41.2 cm³/mol. The summed E-state index contributed by atoms with van der Waals surface area (Å²) in [4.78, 5) is 8.50. The molecule has 0 saturated carbocycles. The Morgan fingerprint density at radius 3 is 2.64 bits per heavy atom. The SMILES string of the molecule is Cc1[c-]nc(N=C(N)N)s1.[Y]. The Morgan fingerprint density at radius 2 is 2.27 bits per heavy atom. The van der Waals surface area contributed by atoms with E-state index in [1.54, 1.807) is 0 Å².